The zero-order valence-electron chi connectivity index (χ0n) is 26.5. The first-order chi connectivity index (χ1) is 23.7. The number of hydrogen-bond donors (Lipinski definition) is 1. The predicted molar refractivity (Wildman–Crippen MR) is 181 cm³/mol. The molecule has 0 unspecified atom stereocenters. The maximum atomic E-state index is 13.8. The van der Waals surface area contributed by atoms with E-state index in [4.69, 9.17) is 0 Å². The summed E-state index contributed by atoms with van der Waals surface area (Å²) >= 11 is 0. The normalized spacial score (nSPS) is 14.2. The molecule has 0 aliphatic carbocycles. The minimum absolute atomic E-state index is 0.0295. The van der Waals surface area contributed by atoms with Crippen molar-refractivity contribution >= 4 is 35.1 Å². The lowest BCUT2D eigenvalue weighted by atomic mass is 10.0. The molecule has 254 valence electrons. The number of nitrogens with zero attached hydrogens (tertiary/aromatic N) is 2. The number of halogens is 4. The summed E-state index contributed by atoms with van der Waals surface area (Å²) in [6.45, 7) is -2.71. The number of rotatable bonds is 13. The Labute approximate surface area is 282 Å². The average Bonchev–Trinajstić information content (AvgIpc) is 3.11. The standard InChI is InChI=1S/C38H35F4N3O4/c39-37(40)48-31-15-11-27(12-16-31)25-33(29-7-3-1-4-8-29)35(46)43-19-20-44-21-23-45(24-22-44)36(47)34(30-9-5-2-6-10-30)26-28-13-17-32(18-14-28)49-38(41)42/h1-18,25-26,37-38H,19-24H2,(H,43,46). The summed E-state index contributed by atoms with van der Waals surface area (Å²) in [5, 5.41) is 2.99. The van der Waals surface area contributed by atoms with E-state index in [1.807, 2.05) is 60.7 Å². The molecule has 2 amide bonds. The van der Waals surface area contributed by atoms with E-state index in [0.29, 0.717) is 67.1 Å². The van der Waals surface area contributed by atoms with Crippen molar-refractivity contribution in [2.45, 2.75) is 13.2 Å². The van der Waals surface area contributed by atoms with Gasteiger partial charge >= 0.3 is 13.2 Å². The van der Waals surface area contributed by atoms with Crippen LogP contribution in [0.2, 0.25) is 0 Å². The van der Waals surface area contributed by atoms with Crippen LogP contribution in [-0.4, -0.2) is 74.1 Å². The Bertz CT molecular complexity index is 1720. The Hall–Kier alpha value is -5.42. The van der Waals surface area contributed by atoms with Gasteiger partial charge in [-0.2, -0.15) is 17.6 Å². The van der Waals surface area contributed by atoms with E-state index in [1.54, 1.807) is 41.3 Å². The molecule has 7 nitrogen and oxygen atoms in total. The summed E-state index contributed by atoms with van der Waals surface area (Å²) in [7, 11) is 0. The fraction of sp³-hybridized carbons (Fsp3) is 0.211. The molecule has 1 N–H and O–H groups in total. The molecular weight excluding hydrogens is 638 g/mol. The zero-order valence-corrected chi connectivity index (χ0v) is 26.5. The van der Waals surface area contributed by atoms with Gasteiger partial charge < -0.3 is 19.7 Å². The second-order valence-electron chi connectivity index (χ2n) is 11.1. The number of carbonyl (C=O) groups excluding carboxylic acids is 2. The fourth-order valence-corrected chi connectivity index (χ4v) is 5.38. The van der Waals surface area contributed by atoms with Crippen LogP contribution < -0.4 is 14.8 Å². The highest BCUT2D eigenvalue weighted by atomic mass is 19.3. The van der Waals surface area contributed by atoms with Crippen molar-refractivity contribution in [1.29, 1.82) is 0 Å². The number of carbonyl (C=O) groups is 2. The number of hydrogen-bond acceptors (Lipinski definition) is 5. The first-order valence-corrected chi connectivity index (χ1v) is 15.7. The summed E-state index contributed by atoms with van der Waals surface area (Å²) in [5.41, 5.74) is 3.68. The van der Waals surface area contributed by atoms with Crippen LogP contribution in [0.5, 0.6) is 11.5 Å². The molecule has 0 aromatic heterocycles. The van der Waals surface area contributed by atoms with Crippen molar-refractivity contribution < 1.29 is 36.6 Å². The zero-order chi connectivity index (χ0) is 34.6. The Balaban J connectivity index is 1.18. The highest BCUT2D eigenvalue weighted by Crippen LogP contribution is 2.24. The second-order valence-corrected chi connectivity index (χ2v) is 11.1. The molecule has 0 spiro atoms. The highest BCUT2D eigenvalue weighted by molar-refractivity contribution is 6.24. The van der Waals surface area contributed by atoms with E-state index in [2.05, 4.69) is 19.7 Å². The molecule has 0 radical (unpaired) electrons. The summed E-state index contributed by atoms with van der Waals surface area (Å²) in [6, 6.07) is 30.6. The van der Waals surface area contributed by atoms with Crippen molar-refractivity contribution in [3.05, 3.63) is 131 Å². The van der Waals surface area contributed by atoms with E-state index in [1.165, 1.54) is 24.3 Å². The third kappa shape index (κ3) is 10.3. The average molecular weight is 674 g/mol. The first-order valence-electron chi connectivity index (χ1n) is 15.7. The van der Waals surface area contributed by atoms with Crippen LogP contribution in [0.15, 0.2) is 109 Å². The molecule has 49 heavy (non-hydrogen) atoms. The summed E-state index contributed by atoms with van der Waals surface area (Å²) < 4.78 is 59.1. The molecule has 4 aromatic rings. The van der Waals surface area contributed by atoms with Crippen LogP contribution in [0, 0.1) is 0 Å². The van der Waals surface area contributed by atoms with E-state index < -0.39 is 13.2 Å². The lowest BCUT2D eigenvalue weighted by Crippen LogP contribution is -2.50. The number of alkyl halides is 4. The highest BCUT2D eigenvalue weighted by Gasteiger charge is 2.25. The topological polar surface area (TPSA) is 71.1 Å². The Morgan fingerprint density at radius 3 is 1.55 bits per heavy atom. The first kappa shape index (κ1) is 34.9. The van der Waals surface area contributed by atoms with Gasteiger partial charge in [-0.05, 0) is 58.7 Å². The van der Waals surface area contributed by atoms with Gasteiger partial charge in [0.25, 0.3) is 11.8 Å². The van der Waals surface area contributed by atoms with Crippen molar-refractivity contribution in [3.8, 4) is 11.5 Å². The summed E-state index contributed by atoms with van der Waals surface area (Å²) in [4.78, 5) is 31.1. The molecule has 11 heteroatoms. The molecule has 0 saturated carbocycles. The van der Waals surface area contributed by atoms with Crippen LogP contribution in [0.1, 0.15) is 22.3 Å². The lowest BCUT2D eigenvalue weighted by molar-refractivity contribution is -0.126. The third-order valence-electron chi connectivity index (χ3n) is 7.85. The third-order valence-corrected chi connectivity index (χ3v) is 7.85. The van der Waals surface area contributed by atoms with E-state index in [-0.39, 0.29) is 23.3 Å². The summed E-state index contributed by atoms with van der Waals surface area (Å²) in [6.07, 6.45) is 3.44. The fourth-order valence-electron chi connectivity index (χ4n) is 5.38. The van der Waals surface area contributed by atoms with Crippen LogP contribution in [0.4, 0.5) is 17.6 Å². The van der Waals surface area contributed by atoms with Gasteiger partial charge in [0.05, 0.1) is 0 Å². The molecule has 0 atom stereocenters. The number of benzene rings is 4. The largest absolute Gasteiger partial charge is 0.435 e. The molecule has 4 aromatic carbocycles. The van der Waals surface area contributed by atoms with Gasteiger partial charge in [-0.1, -0.05) is 84.9 Å². The van der Waals surface area contributed by atoms with Gasteiger partial charge in [-0.15, -0.1) is 0 Å². The minimum Gasteiger partial charge on any atom is -0.435 e. The number of piperazine rings is 1. The molecule has 1 heterocycles. The molecular formula is C38H35F4N3O4. The van der Waals surface area contributed by atoms with Gasteiger partial charge in [-0.25, -0.2) is 0 Å². The van der Waals surface area contributed by atoms with Gasteiger partial charge in [-0.3, -0.25) is 14.5 Å². The van der Waals surface area contributed by atoms with Crippen LogP contribution in [0.25, 0.3) is 23.3 Å². The van der Waals surface area contributed by atoms with E-state index >= 15 is 0 Å². The van der Waals surface area contributed by atoms with Crippen molar-refractivity contribution in [1.82, 2.24) is 15.1 Å². The van der Waals surface area contributed by atoms with E-state index in [9.17, 15) is 27.2 Å². The summed E-state index contributed by atoms with van der Waals surface area (Å²) in [5.74, 6) is -0.353. The van der Waals surface area contributed by atoms with Crippen molar-refractivity contribution in [2.24, 2.45) is 0 Å². The van der Waals surface area contributed by atoms with Gasteiger partial charge in [0.1, 0.15) is 11.5 Å². The van der Waals surface area contributed by atoms with Gasteiger partial charge in [0.15, 0.2) is 0 Å². The number of amides is 2. The van der Waals surface area contributed by atoms with Crippen molar-refractivity contribution in [3.63, 3.8) is 0 Å². The molecule has 1 aliphatic heterocycles. The molecule has 1 aliphatic rings. The lowest BCUT2D eigenvalue weighted by Gasteiger charge is -2.35. The van der Waals surface area contributed by atoms with Gasteiger partial charge in [0, 0.05) is 50.4 Å². The van der Waals surface area contributed by atoms with Gasteiger partial charge in [0.2, 0.25) is 0 Å². The smallest absolute Gasteiger partial charge is 0.387 e. The Kier molecular flexibility index (Phi) is 12.2. The predicted octanol–water partition coefficient (Wildman–Crippen LogP) is 6.93. The van der Waals surface area contributed by atoms with Crippen LogP contribution >= 0.6 is 0 Å². The Morgan fingerprint density at radius 2 is 1.08 bits per heavy atom. The van der Waals surface area contributed by atoms with Crippen molar-refractivity contribution in [2.75, 3.05) is 39.3 Å². The maximum absolute atomic E-state index is 13.8. The maximum Gasteiger partial charge on any atom is 0.387 e. The second kappa shape index (κ2) is 17.1. The molecule has 1 fully saturated rings. The number of ether oxygens (including phenoxy) is 2. The Morgan fingerprint density at radius 1 is 0.633 bits per heavy atom. The van der Waals surface area contributed by atoms with Crippen LogP contribution in [-0.2, 0) is 9.59 Å². The molecule has 1 saturated heterocycles. The molecule has 5 rings (SSSR count). The van der Waals surface area contributed by atoms with E-state index in [0.717, 1.165) is 5.56 Å². The molecule has 0 bridgehead atoms. The minimum atomic E-state index is -2.92. The monoisotopic (exact) mass is 673 g/mol. The number of nitrogens with one attached hydrogen (secondary N) is 1. The van der Waals surface area contributed by atoms with Crippen LogP contribution in [0.3, 0.4) is 0 Å². The quantitative estimate of drug-likeness (QED) is 0.0948. The SMILES string of the molecule is O=C(NCCN1CCN(C(=O)C(=Cc2ccc(OC(F)F)cc2)c2ccccc2)CC1)C(=Cc1ccc(OC(F)F)cc1)c1ccccc1.